The van der Waals surface area contributed by atoms with Gasteiger partial charge in [0.1, 0.15) is 0 Å². The summed E-state index contributed by atoms with van der Waals surface area (Å²) in [6.07, 6.45) is 0.782. The molecule has 40 heavy (non-hydrogen) atoms. The quantitative estimate of drug-likeness (QED) is 0.265. The lowest BCUT2D eigenvalue weighted by Gasteiger charge is -2.22. The van der Waals surface area contributed by atoms with Gasteiger partial charge in [0.15, 0.2) is 5.13 Å². The molecule has 0 saturated heterocycles. The van der Waals surface area contributed by atoms with Crippen molar-refractivity contribution in [3.8, 4) is 0 Å². The first-order valence-corrected chi connectivity index (χ1v) is 15.3. The molecule has 0 aliphatic heterocycles. The first-order chi connectivity index (χ1) is 18.6. The van der Waals surface area contributed by atoms with Crippen molar-refractivity contribution in [2.75, 3.05) is 38.6 Å². The summed E-state index contributed by atoms with van der Waals surface area (Å²) in [5, 5.41) is 0.652. The highest BCUT2D eigenvalue weighted by Crippen LogP contribution is 2.33. The molecular weight excluding hydrogens is 564 g/mol. The Balaban J connectivity index is 0.00000441. The molecule has 0 fully saturated rings. The smallest absolute Gasteiger partial charge is 0.260 e. The fraction of sp³-hybridized carbons (Fsp3) is 0.333. The minimum atomic E-state index is -3.72. The summed E-state index contributed by atoms with van der Waals surface area (Å²) in [7, 11) is 0.291. The number of halogens is 1. The number of hydrogen-bond acceptors (Lipinski definition) is 6. The van der Waals surface area contributed by atoms with E-state index in [1.165, 1.54) is 27.8 Å². The molecule has 0 atom stereocenters. The minimum Gasteiger partial charge on any atom is -1.00 e. The molecule has 214 valence electrons. The number of hydrogen-bond donors (Lipinski definition) is 0. The molecule has 1 aromatic heterocycles. The van der Waals surface area contributed by atoms with Crippen molar-refractivity contribution in [2.24, 2.45) is 0 Å². The molecule has 1 heterocycles. The van der Waals surface area contributed by atoms with Crippen LogP contribution in [0.4, 0.5) is 5.13 Å². The summed E-state index contributed by atoms with van der Waals surface area (Å²) >= 11 is 1.52. The standard InChI is InChI=1S/C30H36N4O3S2.ClH/c1-6-33(21-24-11-8-7-9-12-24)39(36,37)26-15-13-25(14-16-26)29(35)34(18-10-17-32(4)5)30-31-27-20-22(2)19-23(3)28(27)38-30;/h7-9,11-16,19-20H,6,10,17-18,21H2,1-5H3;1H/p-1. The molecule has 4 rings (SSSR count). The van der Waals surface area contributed by atoms with Crippen LogP contribution in [0.2, 0.25) is 0 Å². The van der Waals surface area contributed by atoms with Crippen LogP contribution in [-0.4, -0.2) is 62.2 Å². The number of rotatable bonds is 11. The maximum Gasteiger partial charge on any atom is 0.260 e. The molecule has 0 N–H and O–H groups in total. The number of anilines is 1. The Morgan fingerprint density at radius 2 is 1.62 bits per heavy atom. The number of fused-ring (bicyclic) bond motifs is 1. The summed E-state index contributed by atoms with van der Waals surface area (Å²) < 4.78 is 29.3. The number of amides is 1. The van der Waals surface area contributed by atoms with Gasteiger partial charge in [-0.25, -0.2) is 13.4 Å². The molecule has 0 saturated carbocycles. The van der Waals surface area contributed by atoms with Crippen LogP contribution in [0.15, 0.2) is 71.6 Å². The van der Waals surface area contributed by atoms with Gasteiger partial charge in [-0.1, -0.05) is 54.7 Å². The Labute approximate surface area is 247 Å². The number of aryl methyl sites for hydroxylation is 2. The van der Waals surface area contributed by atoms with Gasteiger partial charge in [-0.15, -0.1) is 0 Å². The largest absolute Gasteiger partial charge is 1.00 e. The van der Waals surface area contributed by atoms with Crippen molar-refractivity contribution >= 4 is 42.6 Å². The predicted molar refractivity (Wildman–Crippen MR) is 160 cm³/mol. The van der Waals surface area contributed by atoms with Gasteiger partial charge < -0.3 is 17.3 Å². The zero-order chi connectivity index (χ0) is 28.2. The Morgan fingerprint density at radius 1 is 0.950 bits per heavy atom. The van der Waals surface area contributed by atoms with Crippen LogP contribution >= 0.6 is 11.3 Å². The van der Waals surface area contributed by atoms with Gasteiger partial charge in [0.25, 0.3) is 5.91 Å². The van der Waals surface area contributed by atoms with Crippen molar-refractivity contribution in [3.05, 3.63) is 89.0 Å². The lowest BCUT2D eigenvalue weighted by molar-refractivity contribution is -0.0000182. The average Bonchev–Trinajstić information content (AvgIpc) is 3.34. The second kappa shape index (κ2) is 13.7. The molecule has 0 spiro atoms. The second-order valence-corrected chi connectivity index (χ2v) is 12.9. The van der Waals surface area contributed by atoms with Crippen molar-refractivity contribution in [1.82, 2.24) is 14.2 Å². The van der Waals surface area contributed by atoms with Crippen molar-refractivity contribution in [3.63, 3.8) is 0 Å². The Morgan fingerprint density at radius 3 is 2.25 bits per heavy atom. The van der Waals surface area contributed by atoms with Gasteiger partial charge in [0.2, 0.25) is 10.0 Å². The fourth-order valence-electron chi connectivity index (χ4n) is 4.54. The Bertz CT molecular complexity index is 1540. The summed E-state index contributed by atoms with van der Waals surface area (Å²) in [5.74, 6) is -0.192. The van der Waals surface area contributed by atoms with Crippen molar-refractivity contribution in [2.45, 2.75) is 38.6 Å². The first-order valence-electron chi connectivity index (χ1n) is 13.1. The Kier molecular flexibility index (Phi) is 10.9. The van der Waals surface area contributed by atoms with Gasteiger partial charge in [0.05, 0.1) is 15.1 Å². The van der Waals surface area contributed by atoms with Crippen molar-refractivity contribution in [1.29, 1.82) is 0 Å². The molecule has 0 unspecified atom stereocenters. The lowest BCUT2D eigenvalue weighted by atomic mass is 10.1. The van der Waals surface area contributed by atoms with Gasteiger partial charge in [0, 0.05) is 25.2 Å². The summed E-state index contributed by atoms with van der Waals surface area (Å²) in [4.78, 5) is 22.6. The third-order valence-corrected chi connectivity index (χ3v) is 9.73. The van der Waals surface area contributed by atoms with Gasteiger partial charge in [-0.05, 0) is 87.9 Å². The van der Waals surface area contributed by atoms with E-state index in [1.807, 2.05) is 64.3 Å². The van der Waals surface area contributed by atoms with Crippen LogP contribution in [0.5, 0.6) is 0 Å². The molecular formula is C30H36ClN4O3S2-. The van der Waals surface area contributed by atoms with Crippen LogP contribution in [0.1, 0.15) is 40.4 Å². The highest BCUT2D eigenvalue weighted by Gasteiger charge is 2.25. The van der Waals surface area contributed by atoms with E-state index in [0.717, 1.165) is 39.9 Å². The average molecular weight is 600 g/mol. The summed E-state index contributed by atoms with van der Waals surface area (Å²) in [6, 6.07) is 20.0. The van der Waals surface area contributed by atoms with Crippen LogP contribution in [-0.2, 0) is 16.6 Å². The predicted octanol–water partition coefficient (Wildman–Crippen LogP) is 2.73. The van der Waals surface area contributed by atoms with E-state index in [2.05, 4.69) is 17.9 Å². The number of carbonyl (C=O) groups is 1. The molecule has 7 nitrogen and oxygen atoms in total. The van der Waals surface area contributed by atoms with E-state index in [-0.39, 0.29) is 29.8 Å². The molecule has 0 radical (unpaired) electrons. The van der Waals surface area contributed by atoms with Crippen LogP contribution < -0.4 is 17.3 Å². The third kappa shape index (κ3) is 7.27. The maximum absolute atomic E-state index is 13.8. The monoisotopic (exact) mass is 599 g/mol. The number of thiazole rings is 1. The minimum absolute atomic E-state index is 0. The highest BCUT2D eigenvalue weighted by atomic mass is 35.5. The normalized spacial score (nSPS) is 11.7. The van der Waals surface area contributed by atoms with Gasteiger partial charge in [-0.3, -0.25) is 9.69 Å². The summed E-state index contributed by atoms with van der Waals surface area (Å²) in [5.41, 5.74) is 4.51. The molecule has 3 aromatic carbocycles. The molecule has 1 amide bonds. The molecule has 10 heteroatoms. The van der Waals surface area contributed by atoms with Gasteiger partial charge in [-0.2, -0.15) is 4.31 Å². The number of nitrogens with zero attached hydrogens (tertiary/aromatic N) is 4. The SMILES string of the molecule is CCN(Cc1ccccc1)S(=O)(=O)c1ccc(C(=O)N(CCCN(C)C)c2nc3cc(C)cc(C)c3s2)cc1.[Cl-]. The number of benzene rings is 3. The Hall–Kier alpha value is -2.82. The second-order valence-electron chi connectivity index (χ2n) is 9.98. The fourth-order valence-corrected chi connectivity index (χ4v) is 7.01. The van der Waals surface area contributed by atoms with E-state index >= 15 is 0 Å². The maximum atomic E-state index is 13.8. The van der Waals surface area contributed by atoms with Crippen LogP contribution in [0.25, 0.3) is 10.2 Å². The van der Waals surface area contributed by atoms with Crippen LogP contribution in [0.3, 0.4) is 0 Å². The third-order valence-electron chi connectivity index (χ3n) is 6.57. The van der Waals surface area contributed by atoms with E-state index in [4.69, 9.17) is 4.98 Å². The number of sulfonamides is 1. The first kappa shape index (κ1) is 31.7. The zero-order valence-corrected chi connectivity index (χ0v) is 26.0. The van der Waals surface area contributed by atoms with Gasteiger partial charge >= 0.3 is 0 Å². The topological polar surface area (TPSA) is 73.8 Å². The number of carbonyl (C=O) groups excluding carboxylic acids is 1. The van der Waals surface area contributed by atoms with Crippen molar-refractivity contribution < 1.29 is 25.6 Å². The molecule has 0 aliphatic carbocycles. The van der Waals surface area contributed by atoms with E-state index in [0.29, 0.717) is 23.8 Å². The van der Waals surface area contributed by atoms with E-state index in [1.54, 1.807) is 17.0 Å². The number of aromatic nitrogens is 1. The molecule has 0 bridgehead atoms. The van der Waals surface area contributed by atoms with E-state index in [9.17, 15) is 13.2 Å². The highest BCUT2D eigenvalue weighted by molar-refractivity contribution is 7.89. The van der Waals surface area contributed by atoms with Crippen LogP contribution in [0, 0.1) is 13.8 Å². The molecule has 0 aliphatic rings. The molecule has 4 aromatic rings. The summed E-state index contributed by atoms with van der Waals surface area (Å²) in [6.45, 7) is 7.90. The lowest BCUT2D eigenvalue weighted by Crippen LogP contribution is -3.00. The zero-order valence-electron chi connectivity index (χ0n) is 23.6. The van der Waals surface area contributed by atoms with E-state index < -0.39 is 10.0 Å².